The van der Waals surface area contributed by atoms with E-state index in [2.05, 4.69) is 182 Å². The largest absolute Gasteiger partial charge is 0.455 e. The van der Waals surface area contributed by atoms with E-state index in [-0.39, 0.29) is 0 Å². The van der Waals surface area contributed by atoms with Crippen molar-refractivity contribution in [2.45, 2.75) is 0 Å². The highest BCUT2D eigenvalue weighted by atomic mass is 16.3. The zero-order chi connectivity index (χ0) is 37.9. The van der Waals surface area contributed by atoms with Crippen molar-refractivity contribution in [3.8, 4) is 33.4 Å². The van der Waals surface area contributed by atoms with Crippen LogP contribution < -0.4 is 0 Å². The highest BCUT2D eigenvalue weighted by molar-refractivity contribution is 6.34. The third-order valence-corrected chi connectivity index (χ3v) is 12.4. The van der Waals surface area contributed by atoms with E-state index in [1.165, 1.54) is 70.9 Å². The van der Waals surface area contributed by atoms with Gasteiger partial charge in [-0.3, -0.25) is 0 Å². The van der Waals surface area contributed by atoms with Gasteiger partial charge in [0.25, 0.3) is 0 Å². The molecule has 11 aromatic carbocycles. The van der Waals surface area contributed by atoms with Crippen molar-refractivity contribution in [3.63, 3.8) is 0 Å². The SMILES string of the molecule is c1ccc2c(-c3c4ccccc4c(-c4ccc(-c5ccc6oc7c(c6c5)c5ccccc5c5oc6ccccc6c57)c5ccccc45)c4ccccc34)cccc2c1. The Bertz CT molecular complexity index is 3800. The van der Waals surface area contributed by atoms with Gasteiger partial charge in [-0.1, -0.05) is 176 Å². The van der Waals surface area contributed by atoms with Crippen molar-refractivity contribution in [2.24, 2.45) is 0 Å². The Hall–Kier alpha value is -7.68. The van der Waals surface area contributed by atoms with Crippen LogP contribution >= 0.6 is 0 Å². The first-order chi connectivity index (χ1) is 28.8. The minimum absolute atomic E-state index is 0.867. The van der Waals surface area contributed by atoms with Gasteiger partial charge in [-0.15, -0.1) is 0 Å². The molecular weight excluding hydrogens is 705 g/mol. The Balaban J connectivity index is 1.07. The van der Waals surface area contributed by atoms with Gasteiger partial charge in [-0.2, -0.15) is 0 Å². The van der Waals surface area contributed by atoms with E-state index in [0.717, 1.165) is 60.2 Å². The van der Waals surface area contributed by atoms with E-state index in [4.69, 9.17) is 8.83 Å². The van der Waals surface area contributed by atoms with Gasteiger partial charge in [0, 0.05) is 21.5 Å². The van der Waals surface area contributed by atoms with Crippen LogP contribution in [-0.4, -0.2) is 0 Å². The summed E-state index contributed by atoms with van der Waals surface area (Å²) in [4.78, 5) is 0. The molecule has 0 unspecified atom stereocenters. The summed E-state index contributed by atoms with van der Waals surface area (Å²) < 4.78 is 13.3. The van der Waals surface area contributed by atoms with Crippen LogP contribution in [0.2, 0.25) is 0 Å². The van der Waals surface area contributed by atoms with Crippen LogP contribution in [0.15, 0.2) is 203 Å². The van der Waals surface area contributed by atoms with Crippen LogP contribution in [0.25, 0.3) is 131 Å². The second kappa shape index (κ2) is 11.9. The second-order valence-electron chi connectivity index (χ2n) is 15.4. The molecule has 0 atom stereocenters. The maximum absolute atomic E-state index is 6.78. The van der Waals surface area contributed by atoms with Crippen LogP contribution in [0.3, 0.4) is 0 Å². The van der Waals surface area contributed by atoms with Crippen molar-refractivity contribution >= 4 is 97.7 Å². The van der Waals surface area contributed by atoms with Gasteiger partial charge < -0.3 is 8.83 Å². The van der Waals surface area contributed by atoms with Gasteiger partial charge in [0.2, 0.25) is 0 Å². The lowest BCUT2D eigenvalue weighted by Crippen LogP contribution is -1.93. The molecule has 2 heterocycles. The lowest BCUT2D eigenvalue weighted by molar-refractivity contribution is 0.665. The second-order valence-corrected chi connectivity index (χ2v) is 15.4. The Morgan fingerprint density at radius 3 is 1.45 bits per heavy atom. The summed E-state index contributed by atoms with van der Waals surface area (Å²) in [5, 5.41) is 16.5. The summed E-state index contributed by atoms with van der Waals surface area (Å²) in [6.07, 6.45) is 0. The van der Waals surface area contributed by atoms with Crippen molar-refractivity contribution in [1.82, 2.24) is 0 Å². The van der Waals surface area contributed by atoms with Crippen molar-refractivity contribution in [3.05, 3.63) is 194 Å². The standard InChI is InChI=1S/C56H32O2/c1-2-16-35-33(14-1)15-13-26-39(35)51-40-19-5-7-21-42(40)52(43-22-8-6-20-41(43)51)45-30-29-36(37-17-3-4-18-38(37)45)34-28-31-50-48(32-34)53-44-23-9-10-24-46(44)55-54(56(53)58-50)47-25-11-12-27-49(47)57-55/h1-32H. The van der Waals surface area contributed by atoms with E-state index >= 15 is 0 Å². The van der Waals surface area contributed by atoms with Gasteiger partial charge in [0.1, 0.15) is 22.3 Å². The summed E-state index contributed by atoms with van der Waals surface area (Å²) in [5.74, 6) is 0. The quantitative estimate of drug-likeness (QED) is 0.169. The Labute approximate surface area is 332 Å². The van der Waals surface area contributed by atoms with Gasteiger partial charge in [-0.25, -0.2) is 0 Å². The highest BCUT2D eigenvalue weighted by Gasteiger charge is 2.23. The predicted octanol–water partition coefficient (Wildman–Crippen LogP) is 16.3. The van der Waals surface area contributed by atoms with Crippen LogP contribution in [0, 0.1) is 0 Å². The Morgan fingerprint density at radius 2 is 0.741 bits per heavy atom. The molecule has 2 heteroatoms. The minimum atomic E-state index is 0.867. The van der Waals surface area contributed by atoms with Crippen LogP contribution in [0.1, 0.15) is 0 Å². The molecule has 58 heavy (non-hydrogen) atoms. The van der Waals surface area contributed by atoms with Crippen molar-refractivity contribution in [1.29, 1.82) is 0 Å². The molecule has 13 rings (SSSR count). The molecule has 0 saturated heterocycles. The molecule has 0 bridgehead atoms. The first kappa shape index (κ1) is 31.5. The molecule has 0 radical (unpaired) electrons. The monoisotopic (exact) mass is 736 g/mol. The molecule has 0 aliphatic rings. The number of hydrogen-bond donors (Lipinski definition) is 0. The van der Waals surface area contributed by atoms with E-state index < -0.39 is 0 Å². The average molecular weight is 737 g/mol. The van der Waals surface area contributed by atoms with Crippen LogP contribution in [0.5, 0.6) is 0 Å². The fraction of sp³-hybridized carbons (Fsp3) is 0. The van der Waals surface area contributed by atoms with Gasteiger partial charge in [0.05, 0.1) is 5.39 Å². The molecule has 2 nitrogen and oxygen atoms in total. The molecule has 0 spiro atoms. The van der Waals surface area contributed by atoms with Gasteiger partial charge in [-0.05, 0) is 100 Å². The third-order valence-electron chi connectivity index (χ3n) is 12.4. The minimum Gasteiger partial charge on any atom is -0.455 e. The summed E-state index contributed by atoms with van der Waals surface area (Å²) in [7, 11) is 0. The predicted molar refractivity (Wildman–Crippen MR) is 245 cm³/mol. The lowest BCUT2D eigenvalue weighted by atomic mass is 9.83. The summed E-state index contributed by atoms with van der Waals surface area (Å²) >= 11 is 0. The number of hydrogen-bond acceptors (Lipinski definition) is 2. The molecule has 0 saturated carbocycles. The van der Waals surface area contributed by atoms with Crippen LogP contribution in [-0.2, 0) is 0 Å². The van der Waals surface area contributed by atoms with Crippen molar-refractivity contribution in [2.75, 3.05) is 0 Å². The number of furan rings is 2. The number of fused-ring (bicyclic) bond motifs is 14. The number of benzene rings is 11. The van der Waals surface area contributed by atoms with Crippen LogP contribution in [0.4, 0.5) is 0 Å². The molecule has 2 aromatic heterocycles. The van der Waals surface area contributed by atoms with E-state index in [1.807, 2.05) is 12.1 Å². The van der Waals surface area contributed by atoms with Gasteiger partial charge in [0.15, 0.2) is 0 Å². The molecule has 0 aliphatic carbocycles. The zero-order valence-electron chi connectivity index (χ0n) is 31.3. The van der Waals surface area contributed by atoms with E-state index in [1.54, 1.807) is 0 Å². The fourth-order valence-corrected chi connectivity index (χ4v) is 9.99. The maximum Gasteiger partial charge on any atom is 0.147 e. The molecule has 0 fully saturated rings. The topological polar surface area (TPSA) is 26.3 Å². The van der Waals surface area contributed by atoms with Crippen molar-refractivity contribution < 1.29 is 8.83 Å². The molecule has 0 N–H and O–H groups in total. The maximum atomic E-state index is 6.78. The zero-order valence-corrected chi connectivity index (χ0v) is 31.3. The Morgan fingerprint density at radius 1 is 0.259 bits per heavy atom. The lowest BCUT2D eigenvalue weighted by Gasteiger charge is -2.20. The average Bonchev–Trinajstić information content (AvgIpc) is 3.87. The summed E-state index contributed by atoms with van der Waals surface area (Å²) in [6.45, 7) is 0. The number of para-hydroxylation sites is 1. The summed E-state index contributed by atoms with van der Waals surface area (Å²) in [6, 6.07) is 70.4. The third kappa shape index (κ3) is 4.32. The molecule has 0 amide bonds. The van der Waals surface area contributed by atoms with E-state index in [9.17, 15) is 0 Å². The van der Waals surface area contributed by atoms with Gasteiger partial charge >= 0.3 is 0 Å². The van der Waals surface area contributed by atoms with E-state index in [0.29, 0.717) is 0 Å². The highest BCUT2D eigenvalue weighted by Crippen LogP contribution is 2.49. The normalized spacial score (nSPS) is 12.1. The smallest absolute Gasteiger partial charge is 0.147 e. The first-order valence-electron chi connectivity index (χ1n) is 19.9. The molecule has 0 aliphatic heterocycles. The molecular formula is C56H32O2. The number of rotatable bonds is 3. The Kier molecular flexibility index (Phi) is 6.47. The molecule has 13 aromatic rings. The molecule has 268 valence electrons. The summed E-state index contributed by atoms with van der Waals surface area (Å²) in [5.41, 5.74) is 10.8. The first-order valence-corrected chi connectivity index (χ1v) is 19.9. The fourth-order valence-electron chi connectivity index (χ4n) is 9.99.